The van der Waals surface area contributed by atoms with Crippen molar-refractivity contribution in [1.29, 1.82) is 0 Å². The molecule has 3 rings (SSSR count). The number of benzene rings is 2. The molecule has 0 bridgehead atoms. The second-order valence-electron chi connectivity index (χ2n) is 6.69. The molecule has 3 aromatic rings. The van der Waals surface area contributed by atoms with Crippen LogP contribution in [0.15, 0.2) is 66.9 Å². The summed E-state index contributed by atoms with van der Waals surface area (Å²) in [5, 5.41) is 5.73. The molecule has 0 spiro atoms. The van der Waals surface area contributed by atoms with E-state index >= 15 is 0 Å². The zero-order valence-electron chi connectivity index (χ0n) is 16.6. The second-order valence-corrected chi connectivity index (χ2v) is 6.69. The second kappa shape index (κ2) is 9.01. The molecule has 6 heteroatoms. The van der Waals surface area contributed by atoms with Crippen molar-refractivity contribution in [3.05, 3.63) is 89.2 Å². The highest BCUT2D eigenvalue weighted by atomic mass is 16.5. The first kappa shape index (κ1) is 20.1. The van der Waals surface area contributed by atoms with Gasteiger partial charge in [-0.05, 0) is 49.2 Å². The number of hydrogen-bond acceptors (Lipinski definition) is 4. The third kappa shape index (κ3) is 4.99. The van der Waals surface area contributed by atoms with Gasteiger partial charge in [0.2, 0.25) is 0 Å². The first-order valence-corrected chi connectivity index (χ1v) is 9.26. The molecule has 2 aromatic carbocycles. The number of ether oxygens (including phenoxy) is 1. The van der Waals surface area contributed by atoms with Crippen molar-refractivity contribution in [1.82, 2.24) is 10.3 Å². The third-order valence-electron chi connectivity index (χ3n) is 4.51. The van der Waals surface area contributed by atoms with Crippen LogP contribution in [0.25, 0.3) is 0 Å². The van der Waals surface area contributed by atoms with Gasteiger partial charge < -0.3 is 15.4 Å². The first-order valence-electron chi connectivity index (χ1n) is 9.26. The fourth-order valence-electron chi connectivity index (χ4n) is 2.91. The molecule has 2 amide bonds. The summed E-state index contributed by atoms with van der Waals surface area (Å²) in [5.74, 6) is -0.139. The van der Waals surface area contributed by atoms with Gasteiger partial charge in [0.05, 0.1) is 18.8 Å². The lowest BCUT2D eigenvalue weighted by atomic mass is 10.1. The van der Waals surface area contributed by atoms with E-state index in [1.54, 1.807) is 12.1 Å². The van der Waals surface area contributed by atoms with E-state index in [0.29, 0.717) is 17.0 Å². The Morgan fingerprint density at radius 2 is 1.76 bits per heavy atom. The number of hydrogen-bond donors (Lipinski definition) is 2. The lowest BCUT2D eigenvalue weighted by molar-refractivity contribution is 0.0939. The van der Waals surface area contributed by atoms with Crippen LogP contribution in [0.4, 0.5) is 5.69 Å². The molecule has 1 heterocycles. The maximum atomic E-state index is 12.7. The molecule has 1 atom stereocenters. The third-order valence-corrected chi connectivity index (χ3v) is 4.51. The SMILES string of the molecule is COc1ccc(C)cc1NC(=O)c1cc(C(=O)NC(C)c2ccccc2)ccn1. The van der Waals surface area contributed by atoms with E-state index in [1.807, 2.05) is 56.3 Å². The summed E-state index contributed by atoms with van der Waals surface area (Å²) in [6.07, 6.45) is 1.45. The number of anilines is 1. The van der Waals surface area contributed by atoms with Crippen molar-refractivity contribution in [3.63, 3.8) is 0 Å². The van der Waals surface area contributed by atoms with Crippen LogP contribution in [0.1, 0.15) is 44.9 Å². The molecule has 0 radical (unpaired) electrons. The van der Waals surface area contributed by atoms with Crippen molar-refractivity contribution in [2.75, 3.05) is 12.4 Å². The lowest BCUT2D eigenvalue weighted by Gasteiger charge is -2.15. The summed E-state index contributed by atoms with van der Waals surface area (Å²) >= 11 is 0. The van der Waals surface area contributed by atoms with E-state index in [2.05, 4.69) is 15.6 Å². The first-order chi connectivity index (χ1) is 14.0. The van der Waals surface area contributed by atoms with Crippen molar-refractivity contribution in [2.45, 2.75) is 19.9 Å². The standard InChI is InChI=1S/C23H23N3O3/c1-15-9-10-21(29-3)19(13-15)26-23(28)20-14-18(11-12-24-20)22(27)25-16(2)17-7-5-4-6-8-17/h4-14,16H,1-3H3,(H,25,27)(H,26,28). The summed E-state index contributed by atoms with van der Waals surface area (Å²) in [6.45, 7) is 3.83. The molecular weight excluding hydrogens is 366 g/mol. The van der Waals surface area contributed by atoms with E-state index in [1.165, 1.54) is 19.4 Å². The van der Waals surface area contributed by atoms with Gasteiger partial charge >= 0.3 is 0 Å². The molecule has 148 valence electrons. The highest BCUT2D eigenvalue weighted by Gasteiger charge is 2.16. The summed E-state index contributed by atoms with van der Waals surface area (Å²) < 4.78 is 5.29. The minimum absolute atomic E-state index is 0.147. The van der Waals surface area contributed by atoms with E-state index < -0.39 is 5.91 Å². The average molecular weight is 389 g/mol. The van der Waals surface area contributed by atoms with Crippen LogP contribution in [0, 0.1) is 6.92 Å². The average Bonchev–Trinajstić information content (AvgIpc) is 2.74. The highest BCUT2D eigenvalue weighted by Crippen LogP contribution is 2.25. The van der Waals surface area contributed by atoms with E-state index in [-0.39, 0.29) is 17.6 Å². The molecule has 2 N–H and O–H groups in total. The van der Waals surface area contributed by atoms with Gasteiger partial charge in [-0.3, -0.25) is 14.6 Å². The van der Waals surface area contributed by atoms with Crippen LogP contribution in [0.5, 0.6) is 5.75 Å². The van der Waals surface area contributed by atoms with Crippen molar-refractivity contribution in [3.8, 4) is 5.75 Å². The number of nitrogens with one attached hydrogen (secondary N) is 2. The molecule has 0 saturated heterocycles. The summed E-state index contributed by atoms with van der Waals surface area (Å²) in [6, 6.07) is 18.1. The molecule has 29 heavy (non-hydrogen) atoms. The van der Waals surface area contributed by atoms with Crippen LogP contribution in [-0.4, -0.2) is 23.9 Å². The highest BCUT2D eigenvalue weighted by molar-refractivity contribution is 6.05. The van der Waals surface area contributed by atoms with Crippen LogP contribution in [0.3, 0.4) is 0 Å². The number of aromatic nitrogens is 1. The van der Waals surface area contributed by atoms with Crippen molar-refractivity contribution in [2.24, 2.45) is 0 Å². The van der Waals surface area contributed by atoms with Crippen LogP contribution >= 0.6 is 0 Å². The summed E-state index contributed by atoms with van der Waals surface area (Å²) in [4.78, 5) is 29.4. The van der Waals surface area contributed by atoms with Gasteiger partial charge in [-0.25, -0.2) is 0 Å². The molecule has 0 aliphatic rings. The smallest absolute Gasteiger partial charge is 0.274 e. The monoisotopic (exact) mass is 389 g/mol. The van der Waals surface area contributed by atoms with Gasteiger partial charge in [0, 0.05) is 11.8 Å². The van der Waals surface area contributed by atoms with Gasteiger partial charge in [-0.2, -0.15) is 0 Å². The predicted molar refractivity (Wildman–Crippen MR) is 112 cm³/mol. The number of nitrogens with zero attached hydrogens (tertiary/aromatic N) is 1. The Morgan fingerprint density at radius 1 is 1.00 bits per heavy atom. The molecule has 1 aromatic heterocycles. The summed E-state index contributed by atoms with van der Waals surface area (Å²) in [7, 11) is 1.54. The molecule has 6 nitrogen and oxygen atoms in total. The Bertz CT molecular complexity index is 1020. The largest absolute Gasteiger partial charge is 0.495 e. The van der Waals surface area contributed by atoms with E-state index in [0.717, 1.165) is 11.1 Å². The number of rotatable bonds is 6. The Labute approximate surface area is 169 Å². The number of amides is 2. The quantitative estimate of drug-likeness (QED) is 0.664. The minimum atomic E-state index is -0.417. The Balaban J connectivity index is 1.74. The maximum absolute atomic E-state index is 12.7. The maximum Gasteiger partial charge on any atom is 0.274 e. The van der Waals surface area contributed by atoms with Gasteiger partial charge in [-0.1, -0.05) is 36.4 Å². The van der Waals surface area contributed by atoms with Crippen molar-refractivity contribution < 1.29 is 14.3 Å². The van der Waals surface area contributed by atoms with E-state index in [9.17, 15) is 9.59 Å². The zero-order chi connectivity index (χ0) is 20.8. The topological polar surface area (TPSA) is 80.3 Å². The van der Waals surface area contributed by atoms with Gasteiger partial charge in [0.1, 0.15) is 11.4 Å². The predicted octanol–water partition coefficient (Wildman–Crippen LogP) is 4.14. The number of aryl methyl sites for hydroxylation is 1. The molecule has 0 fully saturated rings. The molecular formula is C23H23N3O3. The van der Waals surface area contributed by atoms with Crippen LogP contribution < -0.4 is 15.4 Å². The fraction of sp³-hybridized carbons (Fsp3) is 0.174. The van der Waals surface area contributed by atoms with Crippen molar-refractivity contribution >= 4 is 17.5 Å². The van der Waals surface area contributed by atoms with E-state index in [4.69, 9.17) is 4.74 Å². The molecule has 0 aliphatic carbocycles. The van der Waals surface area contributed by atoms with Gasteiger partial charge in [0.25, 0.3) is 11.8 Å². The van der Waals surface area contributed by atoms with Gasteiger partial charge in [-0.15, -0.1) is 0 Å². The number of pyridine rings is 1. The molecule has 0 saturated carbocycles. The number of carbonyl (C=O) groups is 2. The number of carbonyl (C=O) groups excluding carboxylic acids is 2. The Morgan fingerprint density at radius 3 is 2.48 bits per heavy atom. The fourth-order valence-corrected chi connectivity index (χ4v) is 2.91. The Hall–Kier alpha value is -3.67. The minimum Gasteiger partial charge on any atom is -0.495 e. The zero-order valence-corrected chi connectivity index (χ0v) is 16.6. The molecule has 0 aliphatic heterocycles. The summed E-state index contributed by atoms with van der Waals surface area (Å²) in [5.41, 5.74) is 3.04. The lowest BCUT2D eigenvalue weighted by Crippen LogP contribution is -2.27. The van der Waals surface area contributed by atoms with Crippen LogP contribution in [0.2, 0.25) is 0 Å². The van der Waals surface area contributed by atoms with Crippen LogP contribution in [-0.2, 0) is 0 Å². The molecule has 1 unspecified atom stereocenters. The Kier molecular flexibility index (Phi) is 6.24. The number of methoxy groups -OCH3 is 1. The normalized spacial score (nSPS) is 11.4. The van der Waals surface area contributed by atoms with Gasteiger partial charge in [0.15, 0.2) is 0 Å².